The van der Waals surface area contributed by atoms with Crippen LogP contribution in [0.25, 0.3) is 0 Å². The second kappa shape index (κ2) is 25.8. The predicted octanol–water partition coefficient (Wildman–Crippen LogP) is 8.81. The Bertz CT molecular complexity index is 2660. The molecule has 3 aliphatic heterocycles. The average molecular weight is 990 g/mol. The summed E-state index contributed by atoms with van der Waals surface area (Å²) < 4.78 is 78.9. The van der Waals surface area contributed by atoms with Crippen molar-refractivity contribution in [2.45, 2.75) is 108 Å². The van der Waals surface area contributed by atoms with Gasteiger partial charge in [0.25, 0.3) is 0 Å². The van der Waals surface area contributed by atoms with Crippen LogP contribution in [0.1, 0.15) is 39.1 Å². The Labute approximate surface area is 426 Å². The molecular formula is C59H63N3O11. The van der Waals surface area contributed by atoms with E-state index in [9.17, 15) is 0 Å². The summed E-state index contributed by atoms with van der Waals surface area (Å²) in [6.45, 7) is 2.44. The average Bonchev–Trinajstić information content (AvgIpc) is 4.01. The third kappa shape index (κ3) is 13.8. The van der Waals surface area contributed by atoms with Crippen LogP contribution < -0.4 is 0 Å². The van der Waals surface area contributed by atoms with Crippen molar-refractivity contribution in [3.8, 4) is 0 Å². The lowest BCUT2D eigenvalue weighted by Crippen LogP contribution is -2.65. The van der Waals surface area contributed by atoms with E-state index in [1.165, 1.54) is 0 Å². The highest BCUT2D eigenvalue weighted by Crippen LogP contribution is 2.42. The first kappa shape index (κ1) is 50.5. The molecule has 73 heavy (non-hydrogen) atoms. The molecule has 9 atom stereocenters. The van der Waals surface area contributed by atoms with Gasteiger partial charge in [0.1, 0.15) is 55.0 Å². The fraction of sp³-hybridized carbons (Fsp3) is 0.356. The highest BCUT2D eigenvalue weighted by molar-refractivity contribution is 5.19. The van der Waals surface area contributed by atoms with Crippen LogP contribution in [-0.2, 0) is 105 Å². The predicted molar refractivity (Wildman–Crippen MR) is 269 cm³/mol. The molecule has 380 valence electrons. The van der Waals surface area contributed by atoms with Crippen LogP contribution in [0.2, 0.25) is 0 Å². The van der Waals surface area contributed by atoms with Gasteiger partial charge in [-0.05, 0) is 33.4 Å². The highest BCUT2D eigenvalue weighted by Gasteiger charge is 2.62. The van der Waals surface area contributed by atoms with Gasteiger partial charge in [0.05, 0.1) is 78.8 Å². The van der Waals surface area contributed by atoms with Gasteiger partial charge >= 0.3 is 0 Å². The summed E-state index contributed by atoms with van der Waals surface area (Å²) in [5.41, 5.74) is 6.45. The lowest BCUT2D eigenvalue weighted by atomic mass is 9.97. The van der Waals surface area contributed by atoms with Gasteiger partial charge in [-0.3, -0.25) is 0 Å². The van der Waals surface area contributed by atoms with E-state index < -0.39 is 54.8 Å². The molecule has 10 rings (SSSR count). The molecular weight excluding hydrogens is 927 g/mol. The molecule has 0 amide bonds. The minimum absolute atomic E-state index is 0.0880. The summed E-state index contributed by atoms with van der Waals surface area (Å²) in [6.07, 6.45) is -4.90. The molecule has 2 saturated heterocycles. The van der Waals surface area contributed by atoms with Gasteiger partial charge in [-0.1, -0.05) is 187 Å². The monoisotopic (exact) mass is 989 g/mol. The molecule has 0 radical (unpaired) electrons. The molecule has 0 aliphatic carbocycles. The lowest BCUT2D eigenvalue weighted by molar-refractivity contribution is -0.398. The topological polar surface area (TPSA) is 132 Å². The number of hydrogen-bond acceptors (Lipinski definition) is 13. The first-order valence-electron chi connectivity index (χ1n) is 25.1. The first-order chi connectivity index (χ1) is 36.1. The number of nitrogens with zero attached hydrogens (tertiary/aromatic N) is 3. The number of rotatable bonds is 19. The Morgan fingerprint density at radius 1 is 0.466 bits per heavy atom. The maximum Gasteiger partial charge on any atom is 0.224 e. The standard InChI is InChI=1S/C59H63N3O11/c1-7-19-44(20-8-1)34-65-43-59-57(70-39-49-29-17-6-18-30-49)54(67-36-46-23-11-3-12-24-46)52(72-59)42-64-40-50-33-62(61-60-50)31-32-63-41-51-53(66-35-45-21-9-2-10-22-45)55(68-37-47-25-13-4-14-26-47)56(58(71-51)73-59)69-38-48-27-15-5-16-28-48/h1-30,33,51-58H,31-32,34-43H2/t51-,52-,53-,54-,55+,56-,57+,58-,59+/m1/s1. The van der Waals surface area contributed by atoms with E-state index >= 15 is 0 Å². The maximum atomic E-state index is 7.59. The Balaban J connectivity index is 1.08. The molecule has 1 aromatic heterocycles. The van der Waals surface area contributed by atoms with Crippen LogP contribution in [0.5, 0.6) is 0 Å². The van der Waals surface area contributed by atoms with Crippen LogP contribution in [0.4, 0.5) is 0 Å². The molecule has 3 aliphatic rings. The summed E-state index contributed by atoms with van der Waals surface area (Å²) in [4.78, 5) is 0. The molecule has 0 N–H and O–H groups in total. The van der Waals surface area contributed by atoms with Gasteiger partial charge in [0.15, 0.2) is 6.29 Å². The fourth-order valence-electron chi connectivity index (χ4n) is 9.36. The quantitative estimate of drug-likeness (QED) is 0.0766. The van der Waals surface area contributed by atoms with E-state index in [1.54, 1.807) is 4.68 Å². The molecule has 14 nitrogen and oxygen atoms in total. The van der Waals surface area contributed by atoms with Crippen molar-refractivity contribution in [1.82, 2.24) is 15.0 Å². The molecule has 7 aromatic rings. The molecule has 0 spiro atoms. The zero-order valence-electron chi connectivity index (χ0n) is 40.8. The van der Waals surface area contributed by atoms with Gasteiger partial charge in [0, 0.05) is 0 Å². The third-order valence-electron chi connectivity index (χ3n) is 13.0. The first-order valence-corrected chi connectivity index (χ1v) is 25.1. The highest BCUT2D eigenvalue weighted by atomic mass is 16.8. The van der Waals surface area contributed by atoms with E-state index in [1.807, 2.05) is 188 Å². The molecule has 2 fully saturated rings. The molecule has 0 unspecified atom stereocenters. The summed E-state index contributed by atoms with van der Waals surface area (Å²) in [5, 5.41) is 8.79. The molecule has 4 heterocycles. The van der Waals surface area contributed by atoms with E-state index in [0.29, 0.717) is 18.8 Å². The largest absolute Gasteiger partial charge is 0.377 e. The fourth-order valence-corrected chi connectivity index (χ4v) is 9.36. The number of fused-ring (bicyclic) bond motifs is 6. The minimum atomic E-state index is -1.71. The van der Waals surface area contributed by atoms with Crippen molar-refractivity contribution in [3.05, 3.63) is 227 Å². The summed E-state index contributed by atoms with van der Waals surface area (Å²) in [5.74, 6) is -1.71. The Kier molecular flexibility index (Phi) is 17.9. The summed E-state index contributed by atoms with van der Waals surface area (Å²) in [6, 6.07) is 60.1. The van der Waals surface area contributed by atoms with E-state index in [0.717, 1.165) is 33.4 Å². The van der Waals surface area contributed by atoms with Crippen LogP contribution in [-0.4, -0.2) is 96.2 Å². The number of ether oxygens (including phenoxy) is 11. The zero-order valence-corrected chi connectivity index (χ0v) is 40.8. The van der Waals surface area contributed by atoms with Gasteiger partial charge in [-0.15, -0.1) is 5.10 Å². The molecule has 0 saturated carbocycles. The van der Waals surface area contributed by atoms with Crippen LogP contribution in [0.3, 0.4) is 0 Å². The molecule has 6 aromatic carbocycles. The lowest BCUT2D eigenvalue weighted by Gasteiger charge is -2.48. The Morgan fingerprint density at radius 2 is 0.918 bits per heavy atom. The van der Waals surface area contributed by atoms with Crippen LogP contribution in [0.15, 0.2) is 188 Å². The number of aromatic nitrogens is 3. The van der Waals surface area contributed by atoms with E-state index in [-0.39, 0.29) is 66.1 Å². The smallest absolute Gasteiger partial charge is 0.224 e. The van der Waals surface area contributed by atoms with Crippen molar-refractivity contribution >= 4 is 0 Å². The SMILES string of the molecule is c1ccc(COC[C@@]23O[C@H]4O[C@H](COCCn5cc(nn5)COC[C@@H](O2)[C@@H](OCc2ccccc2)[C@@H]3OCc2ccccc2)[C@@H](OCc2ccccc2)[C@H](OCc2ccccc2)[C@H]4OCc2ccccc2)cc1. The van der Waals surface area contributed by atoms with Crippen LogP contribution >= 0.6 is 0 Å². The Hall–Kier alpha value is -5.98. The van der Waals surface area contributed by atoms with Crippen molar-refractivity contribution in [3.63, 3.8) is 0 Å². The van der Waals surface area contributed by atoms with E-state index in [4.69, 9.17) is 52.1 Å². The second-order valence-electron chi connectivity index (χ2n) is 18.4. The zero-order chi connectivity index (χ0) is 49.3. The van der Waals surface area contributed by atoms with Crippen molar-refractivity contribution in [2.75, 3.05) is 26.4 Å². The van der Waals surface area contributed by atoms with Gasteiger partial charge in [-0.25, -0.2) is 4.68 Å². The van der Waals surface area contributed by atoms with Crippen molar-refractivity contribution < 1.29 is 52.1 Å². The third-order valence-corrected chi connectivity index (χ3v) is 13.0. The van der Waals surface area contributed by atoms with Crippen molar-refractivity contribution in [2.24, 2.45) is 0 Å². The van der Waals surface area contributed by atoms with Crippen LogP contribution in [0, 0.1) is 0 Å². The van der Waals surface area contributed by atoms with Gasteiger partial charge < -0.3 is 52.1 Å². The number of hydrogen-bond donors (Lipinski definition) is 0. The summed E-state index contributed by atoms with van der Waals surface area (Å²) in [7, 11) is 0. The second-order valence-corrected chi connectivity index (χ2v) is 18.4. The minimum Gasteiger partial charge on any atom is -0.377 e. The van der Waals surface area contributed by atoms with Crippen molar-refractivity contribution in [1.29, 1.82) is 0 Å². The molecule has 6 bridgehead atoms. The molecule has 14 heteroatoms. The van der Waals surface area contributed by atoms with Gasteiger partial charge in [0.2, 0.25) is 5.79 Å². The normalized spacial score (nSPS) is 25.5. The summed E-state index contributed by atoms with van der Waals surface area (Å²) >= 11 is 0. The maximum absolute atomic E-state index is 7.59. The Morgan fingerprint density at radius 3 is 1.45 bits per heavy atom. The van der Waals surface area contributed by atoms with Gasteiger partial charge in [-0.2, -0.15) is 0 Å². The van der Waals surface area contributed by atoms with E-state index in [2.05, 4.69) is 10.3 Å². The number of benzene rings is 6.